The number of amides is 1. The summed E-state index contributed by atoms with van der Waals surface area (Å²) in [7, 11) is 0. The van der Waals surface area contributed by atoms with Gasteiger partial charge >= 0.3 is 0 Å². The molecule has 0 aliphatic rings. The minimum Gasteiger partial charge on any atom is -0.325 e. The summed E-state index contributed by atoms with van der Waals surface area (Å²) in [5.41, 5.74) is 0.672. The van der Waals surface area contributed by atoms with E-state index in [1.807, 2.05) is 0 Å². The average Bonchev–Trinajstić information content (AvgIpc) is 2.20. The number of hydrogen-bond donors (Lipinski definition) is 2. The Kier molecular flexibility index (Phi) is 3.91. The molecule has 0 radical (unpaired) electrons. The van der Waals surface area contributed by atoms with Crippen LogP contribution in [0.1, 0.15) is 13.8 Å². The van der Waals surface area contributed by atoms with Crippen LogP contribution in [0.15, 0.2) is 29.2 Å². The van der Waals surface area contributed by atoms with Gasteiger partial charge < -0.3 is 5.32 Å². The Hall–Kier alpha value is -1.29. The molecule has 0 aliphatic heterocycles. The summed E-state index contributed by atoms with van der Waals surface area (Å²) in [6.45, 7) is 2.99. The molecule has 0 aromatic heterocycles. The molecule has 3 nitrogen and oxygen atoms in total. The molecule has 4 heteroatoms. The lowest BCUT2D eigenvalue weighted by atomic mass is 10.1. The predicted molar refractivity (Wildman–Crippen MR) is 62.2 cm³/mol. The molecule has 0 fully saturated rings. The van der Waals surface area contributed by atoms with Gasteiger partial charge in [0.15, 0.2) is 0 Å². The van der Waals surface area contributed by atoms with Gasteiger partial charge in [0.05, 0.1) is 5.92 Å². The molecule has 80 valence electrons. The maximum atomic E-state index is 11.5. The van der Waals surface area contributed by atoms with E-state index in [9.17, 15) is 9.59 Å². The number of anilines is 1. The smallest absolute Gasteiger partial charge is 0.234 e. The molecule has 0 saturated carbocycles. The van der Waals surface area contributed by atoms with E-state index in [-0.39, 0.29) is 11.7 Å². The highest BCUT2D eigenvalue weighted by atomic mass is 32.1. The number of thiol groups is 1. The second-order valence-electron chi connectivity index (χ2n) is 3.37. The quantitative estimate of drug-likeness (QED) is 0.609. The Morgan fingerprint density at radius 1 is 1.27 bits per heavy atom. The second kappa shape index (κ2) is 4.98. The average molecular weight is 223 g/mol. The topological polar surface area (TPSA) is 46.2 Å². The molecule has 1 aromatic rings. The van der Waals surface area contributed by atoms with E-state index >= 15 is 0 Å². The highest BCUT2D eigenvalue weighted by molar-refractivity contribution is 7.80. The van der Waals surface area contributed by atoms with Crippen molar-refractivity contribution in [2.24, 2.45) is 5.92 Å². The van der Waals surface area contributed by atoms with Crippen molar-refractivity contribution >= 4 is 30.0 Å². The Labute approximate surface area is 94.3 Å². The second-order valence-corrected chi connectivity index (χ2v) is 3.88. The van der Waals surface area contributed by atoms with Crippen LogP contribution >= 0.6 is 12.6 Å². The number of ketones is 1. The summed E-state index contributed by atoms with van der Waals surface area (Å²) in [5.74, 6) is -1.03. The summed E-state index contributed by atoms with van der Waals surface area (Å²) < 4.78 is 0. The van der Waals surface area contributed by atoms with Crippen LogP contribution in [0, 0.1) is 5.92 Å². The van der Waals surface area contributed by atoms with Crippen LogP contribution in [0.5, 0.6) is 0 Å². The van der Waals surface area contributed by atoms with Gasteiger partial charge in [0.1, 0.15) is 5.78 Å². The summed E-state index contributed by atoms with van der Waals surface area (Å²) in [6, 6.07) is 7.04. The van der Waals surface area contributed by atoms with Gasteiger partial charge in [0.25, 0.3) is 0 Å². The molecular formula is C11H13NO2S. The van der Waals surface area contributed by atoms with Crippen LogP contribution < -0.4 is 5.32 Å². The summed E-state index contributed by atoms with van der Waals surface area (Å²) >= 11 is 4.13. The van der Waals surface area contributed by atoms with Crippen LogP contribution in [-0.4, -0.2) is 11.7 Å². The molecule has 1 rings (SSSR count). The minimum absolute atomic E-state index is 0.140. The van der Waals surface area contributed by atoms with Crippen LogP contribution in [0.3, 0.4) is 0 Å². The third-order valence-electron chi connectivity index (χ3n) is 2.14. The number of rotatable bonds is 3. The normalized spacial score (nSPS) is 11.9. The number of nitrogens with one attached hydrogen (secondary N) is 1. The maximum Gasteiger partial charge on any atom is 0.234 e. The van der Waals surface area contributed by atoms with E-state index in [0.717, 1.165) is 4.90 Å². The van der Waals surface area contributed by atoms with Crippen molar-refractivity contribution in [2.45, 2.75) is 18.7 Å². The van der Waals surface area contributed by atoms with Crippen molar-refractivity contribution in [2.75, 3.05) is 5.32 Å². The fourth-order valence-corrected chi connectivity index (χ4v) is 1.13. The standard InChI is InChI=1S/C11H13NO2S/c1-7(8(2)13)11(14)12-9-3-5-10(15)6-4-9/h3-7,15H,1-2H3,(H,12,14). The molecule has 15 heavy (non-hydrogen) atoms. The molecule has 1 atom stereocenters. The first-order valence-corrected chi connectivity index (χ1v) is 5.06. The molecular weight excluding hydrogens is 210 g/mol. The third-order valence-corrected chi connectivity index (χ3v) is 2.44. The number of hydrogen-bond acceptors (Lipinski definition) is 3. The van der Waals surface area contributed by atoms with E-state index in [4.69, 9.17) is 0 Å². The highest BCUT2D eigenvalue weighted by Gasteiger charge is 2.17. The molecule has 1 N–H and O–H groups in total. The van der Waals surface area contributed by atoms with Gasteiger partial charge in [-0.15, -0.1) is 12.6 Å². The molecule has 0 heterocycles. The lowest BCUT2D eigenvalue weighted by Crippen LogP contribution is -2.25. The van der Waals surface area contributed by atoms with Crippen LogP contribution in [0.2, 0.25) is 0 Å². The Morgan fingerprint density at radius 2 is 1.80 bits per heavy atom. The fraction of sp³-hybridized carbons (Fsp3) is 0.273. The van der Waals surface area contributed by atoms with Crippen LogP contribution in [0.4, 0.5) is 5.69 Å². The van der Waals surface area contributed by atoms with Crippen molar-refractivity contribution in [3.63, 3.8) is 0 Å². The zero-order valence-electron chi connectivity index (χ0n) is 8.65. The molecule has 1 aromatic carbocycles. The van der Waals surface area contributed by atoms with Gasteiger partial charge in [-0.1, -0.05) is 0 Å². The van der Waals surface area contributed by atoms with E-state index in [1.54, 1.807) is 31.2 Å². The Balaban J connectivity index is 2.66. The van der Waals surface area contributed by atoms with E-state index < -0.39 is 5.92 Å². The third kappa shape index (κ3) is 3.40. The van der Waals surface area contributed by atoms with E-state index in [0.29, 0.717) is 5.69 Å². The maximum absolute atomic E-state index is 11.5. The highest BCUT2D eigenvalue weighted by Crippen LogP contribution is 2.13. The number of carbonyl (C=O) groups is 2. The Morgan fingerprint density at radius 3 is 2.27 bits per heavy atom. The van der Waals surface area contributed by atoms with Gasteiger partial charge in [-0.25, -0.2) is 0 Å². The van der Waals surface area contributed by atoms with Gasteiger partial charge in [0.2, 0.25) is 5.91 Å². The number of benzene rings is 1. The van der Waals surface area contributed by atoms with E-state index in [2.05, 4.69) is 17.9 Å². The molecule has 0 aliphatic carbocycles. The summed E-state index contributed by atoms with van der Waals surface area (Å²) in [6.07, 6.45) is 0. The SMILES string of the molecule is CC(=O)C(C)C(=O)Nc1ccc(S)cc1. The van der Waals surface area contributed by atoms with Crippen molar-refractivity contribution < 1.29 is 9.59 Å². The monoisotopic (exact) mass is 223 g/mol. The van der Waals surface area contributed by atoms with Crippen molar-refractivity contribution in [1.82, 2.24) is 0 Å². The number of Topliss-reactive ketones (excluding diaryl/α,β-unsaturated/α-hetero) is 1. The predicted octanol–water partition coefficient (Wildman–Crippen LogP) is 2.14. The Bertz CT molecular complexity index is 373. The molecule has 1 amide bonds. The van der Waals surface area contributed by atoms with Crippen LogP contribution in [-0.2, 0) is 9.59 Å². The summed E-state index contributed by atoms with van der Waals surface area (Å²) in [5, 5.41) is 2.66. The van der Waals surface area contributed by atoms with Crippen LogP contribution in [0.25, 0.3) is 0 Å². The molecule has 0 spiro atoms. The van der Waals surface area contributed by atoms with Crippen molar-refractivity contribution in [1.29, 1.82) is 0 Å². The fourth-order valence-electron chi connectivity index (χ4n) is 0.980. The number of carbonyl (C=O) groups excluding carboxylic acids is 2. The van der Waals surface area contributed by atoms with Crippen molar-refractivity contribution in [3.8, 4) is 0 Å². The zero-order valence-corrected chi connectivity index (χ0v) is 9.54. The summed E-state index contributed by atoms with van der Waals surface area (Å²) in [4.78, 5) is 23.3. The van der Waals surface area contributed by atoms with Gasteiger partial charge in [-0.05, 0) is 38.1 Å². The first kappa shape index (κ1) is 11.8. The lowest BCUT2D eigenvalue weighted by molar-refractivity contribution is -0.129. The molecule has 0 bridgehead atoms. The van der Waals surface area contributed by atoms with Crippen molar-refractivity contribution in [3.05, 3.63) is 24.3 Å². The molecule has 0 saturated heterocycles. The largest absolute Gasteiger partial charge is 0.325 e. The minimum atomic E-state index is -0.610. The first-order valence-electron chi connectivity index (χ1n) is 4.61. The van der Waals surface area contributed by atoms with Gasteiger partial charge in [0, 0.05) is 10.6 Å². The van der Waals surface area contributed by atoms with Gasteiger partial charge in [-0.2, -0.15) is 0 Å². The zero-order chi connectivity index (χ0) is 11.4. The van der Waals surface area contributed by atoms with E-state index in [1.165, 1.54) is 6.92 Å². The van der Waals surface area contributed by atoms with Gasteiger partial charge in [-0.3, -0.25) is 9.59 Å². The lowest BCUT2D eigenvalue weighted by Gasteiger charge is -2.09. The molecule has 1 unspecified atom stereocenters. The first-order chi connectivity index (χ1) is 7.00.